The molecule has 0 saturated heterocycles. The van der Waals surface area contributed by atoms with Crippen LogP contribution in [0.15, 0.2) is 90.8 Å². The average Bonchev–Trinajstić information content (AvgIpc) is 3.35. The van der Waals surface area contributed by atoms with Gasteiger partial charge in [-0.25, -0.2) is 9.97 Å². The molecule has 2 heterocycles. The third-order valence-electron chi connectivity index (χ3n) is 7.31. The van der Waals surface area contributed by atoms with Gasteiger partial charge in [0.1, 0.15) is 17.7 Å². The fourth-order valence-corrected chi connectivity index (χ4v) is 5.39. The van der Waals surface area contributed by atoms with Crippen LogP contribution >= 0.6 is 0 Å². The van der Waals surface area contributed by atoms with Crippen LogP contribution in [0.3, 0.4) is 0 Å². The Morgan fingerprint density at radius 1 is 0.500 bits per heavy atom. The molecular weight excluding hydrogens is 520 g/mol. The lowest BCUT2D eigenvalue weighted by Crippen LogP contribution is -1.94. The second-order valence-corrected chi connectivity index (χ2v) is 9.57. The molecule has 4 aromatic carbocycles. The lowest BCUT2D eigenvalue weighted by atomic mass is 9.94. The molecule has 6 aromatic rings. The van der Waals surface area contributed by atoms with Gasteiger partial charge in [0.25, 0.3) is 0 Å². The van der Waals surface area contributed by atoms with E-state index >= 15 is 0 Å². The fraction of sp³-hybridized carbons (Fsp3) is 0. The molecule has 0 fully saturated rings. The molecule has 0 saturated carbocycles. The normalized spacial score (nSPS) is 11.2. The Morgan fingerprint density at radius 2 is 0.929 bits per heavy atom. The summed E-state index contributed by atoms with van der Waals surface area (Å²) in [6.07, 6.45) is 3.25. The van der Waals surface area contributed by atoms with Crippen LogP contribution in [-0.4, -0.2) is 19.9 Å². The molecule has 42 heavy (non-hydrogen) atoms. The van der Waals surface area contributed by atoms with Crippen LogP contribution in [0, 0.1) is 45.3 Å². The molecule has 0 radical (unpaired) electrons. The highest BCUT2D eigenvalue weighted by Crippen LogP contribution is 2.49. The molecule has 0 N–H and O–H groups in total. The van der Waals surface area contributed by atoms with E-state index in [2.05, 4.69) is 22.1 Å². The number of nitriles is 4. The van der Waals surface area contributed by atoms with Crippen molar-refractivity contribution in [2.45, 2.75) is 0 Å². The minimum Gasteiger partial charge on any atom is -0.252 e. The second-order valence-electron chi connectivity index (χ2n) is 9.57. The SMILES string of the molecule is N#CC(C#N)=C1c2cc(C#N)c(-c3cnc4ccccc4n3)cc2-c2cc(-c3cnc4ccccc4n3)c(C#N)cc21. The van der Waals surface area contributed by atoms with Crippen molar-refractivity contribution in [1.29, 1.82) is 21.0 Å². The quantitative estimate of drug-likeness (QED) is 0.229. The van der Waals surface area contributed by atoms with E-state index in [1.54, 1.807) is 24.5 Å². The van der Waals surface area contributed by atoms with Gasteiger partial charge in [-0.2, -0.15) is 21.0 Å². The summed E-state index contributed by atoms with van der Waals surface area (Å²) in [5, 5.41) is 40.0. The van der Waals surface area contributed by atoms with Crippen molar-refractivity contribution in [2.75, 3.05) is 0 Å². The van der Waals surface area contributed by atoms with Gasteiger partial charge in [0.2, 0.25) is 0 Å². The Bertz CT molecular complexity index is 2190. The number of hydrogen-bond donors (Lipinski definition) is 0. The van der Waals surface area contributed by atoms with E-state index in [1.807, 2.05) is 72.8 Å². The molecule has 7 rings (SSSR count). The number of benzene rings is 4. The topological polar surface area (TPSA) is 147 Å². The summed E-state index contributed by atoms with van der Waals surface area (Å²) in [5.41, 5.74) is 8.42. The van der Waals surface area contributed by atoms with Gasteiger partial charge in [0.15, 0.2) is 0 Å². The summed E-state index contributed by atoms with van der Waals surface area (Å²) in [7, 11) is 0. The number of rotatable bonds is 2. The zero-order valence-corrected chi connectivity index (χ0v) is 21.7. The molecule has 8 heteroatoms. The van der Waals surface area contributed by atoms with Crippen molar-refractivity contribution in [1.82, 2.24) is 19.9 Å². The molecular formula is C34H14N8. The Hall–Kier alpha value is -6.74. The Kier molecular flexibility index (Phi) is 5.48. The van der Waals surface area contributed by atoms with E-state index in [9.17, 15) is 21.0 Å². The summed E-state index contributed by atoms with van der Waals surface area (Å²) in [6.45, 7) is 0. The molecule has 0 unspecified atom stereocenters. The summed E-state index contributed by atoms with van der Waals surface area (Å²) in [4.78, 5) is 18.6. The number of allylic oxidation sites excluding steroid dienone is 1. The molecule has 2 aromatic heterocycles. The van der Waals surface area contributed by atoms with Gasteiger partial charge in [0.05, 0.1) is 69.1 Å². The van der Waals surface area contributed by atoms with E-state index < -0.39 is 0 Å². The maximum Gasteiger partial charge on any atom is 0.138 e. The van der Waals surface area contributed by atoms with Crippen LogP contribution < -0.4 is 0 Å². The van der Waals surface area contributed by atoms with Crippen molar-refractivity contribution in [3.05, 3.63) is 113 Å². The van der Waals surface area contributed by atoms with Gasteiger partial charge in [-0.15, -0.1) is 0 Å². The fourth-order valence-electron chi connectivity index (χ4n) is 5.39. The van der Waals surface area contributed by atoms with Crippen molar-refractivity contribution in [3.8, 4) is 57.9 Å². The maximum absolute atomic E-state index is 10.1. The second kappa shape index (κ2) is 9.47. The van der Waals surface area contributed by atoms with Crippen molar-refractivity contribution in [2.24, 2.45) is 0 Å². The van der Waals surface area contributed by atoms with Crippen LogP contribution in [0.2, 0.25) is 0 Å². The molecule has 0 atom stereocenters. The first kappa shape index (κ1) is 24.3. The first-order valence-electron chi connectivity index (χ1n) is 12.8. The maximum atomic E-state index is 10.1. The number of aromatic nitrogens is 4. The summed E-state index contributed by atoms with van der Waals surface area (Å²) < 4.78 is 0. The largest absolute Gasteiger partial charge is 0.252 e. The first-order valence-corrected chi connectivity index (χ1v) is 12.8. The predicted octanol–water partition coefficient (Wildman–Crippen LogP) is 6.48. The highest BCUT2D eigenvalue weighted by Gasteiger charge is 2.30. The molecule has 0 bridgehead atoms. The van der Waals surface area contributed by atoms with E-state index in [4.69, 9.17) is 9.97 Å². The third-order valence-corrected chi connectivity index (χ3v) is 7.31. The zero-order chi connectivity index (χ0) is 28.8. The van der Waals surface area contributed by atoms with Crippen LogP contribution in [-0.2, 0) is 0 Å². The third kappa shape index (κ3) is 3.66. The minimum atomic E-state index is -0.112. The van der Waals surface area contributed by atoms with Crippen molar-refractivity contribution < 1.29 is 0 Å². The van der Waals surface area contributed by atoms with Gasteiger partial charge < -0.3 is 0 Å². The van der Waals surface area contributed by atoms with E-state index in [0.717, 1.165) is 11.0 Å². The summed E-state index contributed by atoms with van der Waals surface area (Å²) in [6, 6.07) is 30.4. The Balaban J connectivity index is 1.52. The molecule has 1 aliphatic carbocycles. The van der Waals surface area contributed by atoms with Gasteiger partial charge in [0, 0.05) is 16.7 Å². The lowest BCUT2D eigenvalue weighted by molar-refractivity contribution is 1.29. The zero-order valence-electron chi connectivity index (χ0n) is 21.7. The van der Waals surface area contributed by atoms with E-state index in [-0.39, 0.29) is 5.57 Å². The van der Waals surface area contributed by atoms with Crippen LogP contribution in [0.25, 0.3) is 61.3 Å². The monoisotopic (exact) mass is 534 g/mol. The lowest BCUT2D eigenvalue weighted by Gasteiger charge is -2.10. The average molecular weight is 535 g/mol. The molecule has 0 aliphatic heterocycles. The van der Waals surface area contributed by atoms with Crippen LogP contribution in [0.4, 0.5) is 0 Å². The van der Waals surface area contributed by atoms with E-state index in [1.165, 1.54) is 0 Å². The number of fused-ring (bicyclic) bond motifs is 5. The van der Waals surface area contributed by atoms with Gasteiger partial charge in [-0.3, -0.25) is 9.97 Å². The van der Waals surface area contributed by atoms with Crippen molar-refractivity contribution in [3.63, 3.8) is 0 Å². The number of para-hydroxylation sites is 4. The predicted molar refractivity (Wildman–Crippen MR) is 156 cm³/mol. The first-order chi connectivity index (χ1) is 20.6. The Labute approximate surface area is 239 Å². The number of nitrogens with zero attached hydrogens (tertiary/aromatic N) is 8. The standard InChI is InChI=1S/C34H14N8/c35-13-19-9-26-24(11-22(19)32-17-39-28-5-1-3-7-30(28)41-32)25-12-23(33-18-40-29-6-2-4-8-31(29)42-33)20(14-36)10-27(25)34(26)21(15-37)16-38/h1-12,17-18H. The van der Waals surface area contributed by atoms with Crippen LogP contribution in [0.5, 0.6) is 0 Å². The van der Waals surface area contributed by atoms with Crippen molar-refractivity contribution >= 4 is 27.6 Å². The molecule has 0 amide bonds. The smallest absolute Gasteiger partial charge is 0.138 e. The summed E-state index contributed by atoms with van der Waals surface area (Å²) >= 11 is 0. The highest BCUT2D eigenvalue weighted by molar-refractivity contribution is 6.07. The molecule has 0 spiro atoms. The summed E-state index contributed by atoms with van der Waals surface area (Å²) in [5.74, 6) is 0. The van der Waals surface area contributed by atoms with Gasteiger partial charge in [-0.05, 0) is 70.8 Å². The number of hydrogen-bond acceptors (Lipinski definition) is 8. The van der Waals surface area contributed by atoms with E-state index in [0.29, 0.717) is 72.5 Å². The van der Waals surface area contributed by atoms with Gasteiger partial charge >= 0.3 is 0 Å². The van der Waals surface area contributed by atoms with Gasteiger partial charge in [-0.1, -0.05) is 24.3 Å². The molecule has 1 aliphatic rings. The highest BCUT2D eigenvalue weighted by atomic mass is 14.8. The molecule has 8 nitrogen and oxygen atoms in total. The van der Waals surface area contributed by atoms with Crippen LogP contribution in [0.1, 0.15) is 22.3 Å². The minimum absolute atomic E-state index is 0.112. The Morgan fingerprint density at radius 3 is 1.33 bits per heavy atom. The molecule has 190 valence electrons.